The van der Waals surface area contributed by atoms with Gasteiger partial charge in [-0.25, -0.2) is 0 Å². The maximum Gasteiger partial charge on any atom is 0.0695 e. The summed E-state index contributed by atoms with van der Waals surface area (Å²) in [6.45, 7) is 5.18. The fraction of sp³-hybridized carbons (Fsp3) is 0.250. The summed E-state index contributed by atoms with van der Waals surface area (Å²) < 4.78 is 0. The monoisotopic (exact) mass is 303 g/mol. The largest absolute Gasteiger partial charge is 0.294 e. The van der Waals surface area contributed by atoms with Crippen molar-refractivity contribution in [3.05, 3.63) is 77.0 Å². The van der Waals surface area contributed by atoms with Gasteiger partial charge in [0.1, 0.15) is 0 Å². The van der Waals surface area contributed by atoms with Gasteiger partial charge in [0.2, 0.25) is 0 Å². The van der Waals surface area contributed by atoms with Crippen LogP contribution in [0, 0.1) is 6.92 Å². The Labute approximate surface area is 137 Å². The number of hydrogen-bond acceptors (Lipinski definition) is 2. The highest BCUT2D eigenvalue weighted by atomic mass is 15.1. The van der Waals surface area contributed by atoms with Crippen LogP contribution in [0.15, 0.2) is 54.7 Å². The Balaban J connectivity index is 1.55. The molecule has 116 valence electrons. The standard InChI is InChI=1S/C20H21N3/c1-15-6-8-17(9-7-15)20-19(12-21-22-20)14-23-11-10-16-4-2-3-5-18(16)13-23/h2-9,12H,10-11,13-14H2,1H3,(H,21,22). The van der Waals surface area contributed by atoms with E-state index in [1.165, 1.54) is 27.8 Å². The highest BCUT2D eigenvalue weighted by Crippen LogP contribution is 2.25. The summed E-state index contributed by atoms with van der Waals surface area (Å²) in [5, 5.41) is 7.45. The molecular formula is C20H21N3. The molecule has 1 aliphatic rings. The van der Waals surface area contributed by atoms with Crippen LogP contribution in [0.5, 0.6) is 0 Å². The van der Waals surface area contributed by atoms with Gasteiger partial charge in [0.25, 0.3) is 0 Å². The zero-order valence-corrected chi connectivity index (χ0v) is 13.4. The van der Waals surface area contributed by atoms with E-state index >= 15 is 0 Å². The Morgan fingerprint density at radius 2 is 1.83 bits per heavy atom. The van der Waals surface area contributed by atoms with E-state index in [1.54, 1.807) is 0 Å². The van der Waals surface area contributed by atoms with Crippen LogP contribution in [0.4, 0.5) is 0 Å². The number of fused-ring (bicyclic) bond motifs is 1. The van der Waals surface area contributed by atoms with Crippen LogP contribution in [0.2, 0.25) is 0 Å². The molecule has 2 aromatic carbocycles. The van der Waals surface area contributed by atoms with Crippen LogP contribution in [0.25, 0.3) is 11.3 Å². The predicted molar refractivity (Wildman–Crippen MR) is 93.0 cm³/mol. The van der Waals surface area contributed by atoms with Crippen LogP contribution >= 0.6 is 0 Å². The quantitative estimate of drug-likeness (QED) is 0.794. The molecule has 0 spiro atoms. The van der Waals surface area contributed by atoms with E-state index in [9.17, 15) is 0 Å². The van der Waals surface area contributed by atoms with Gasteiger partial charge in [0.05, 0.1) is 11.9 Å². The van der Waals surface area contributed by atoms with Crippen LogP contribution in [0.1, 0.15) is 22.3 Å². The van der Waals surface area contributed by atoms with E-state index < -0.39 is 0 Å². The molecule has 0 aliphatic carbocycles. The highest BCUT2D eigenvalue weighted by molar-refractivity contribution is 5.62. The van der Waals surface area contributed by atoms with E-state index in [4.69, 9.17) is 0 Å². The second-order valence-electron chi connectivity index (χ2n) is 6.37. The van der Waals surface area contributed by atoms with Crippen molar-refractivity contribution in [2.45, 2.75) is 26.4 Å². The fourth-order valence-corrected chi connectivity index (χ4v) is 3.33. The summed E-state index contributed by atoms with van der Waals surface area (Å²) in [6, 6.07) is 17.4. The SMILES string of the molecule is Cc1ccc(-c2[nH]ncc2CN2CCc3ccccc3C2)cc1. The van der Waals surface area contributed by atoms with Gasteiger partial charge < -0.3 is 0 Å². The summed E-state index contributed by atoms with van der Waals surface area (Å²) in [4.78, 5) is 2.50. The van der Waals surface area contributed by atoms with Crippen LogP contribution in [-0.2, 0) is 19.5 Å². The number of aromatic amines is 1. The minimum atomic E-state index is 0.939. The van der Waals surface area contributed by atoms with E-state index in [-0.39, 0.29) is 0 Å². The molecule has 0 fully saturated rings. The lowest BCUT2D eigenvalue weighted by molar-refractivity contribution is 0.246. The highest BCUT2D eigenvalue weighted by Gasteiger charge is 2.18. The number of H-pyrrole nitrogens is 1. The molecule has 0 unspecified atom stereocenters. The summed E-state index contributed by atoms with van der Waals surface area (Å²) in [5.74, 6) is 0. The smallest absolute Gasteiger partial charge is 0.0695 e. The average molecular weight is 303 g/mol. The lowest BCUT2D eigenvalue weighted by atomic mass is 9.99. The maximum atomic E-state index is 4.28. The van der Waals surface area contributed by atoms with Crippen molar-refractivity contribution in [3.8, 4) is 11.3 Å². The number of aryl methyl sites for hydroxylation is 1. The Morgan fingerprint density at radius 1 is 1.04 bits per heavy atom. The van der Waals surface area contributed by atoms with Gasteiger partial charge in [-0.05, 0) is 30.0 Å². The summed E-state index contributed by atoms with van der Waals surface area (Å²) in [6.07, 6.45) is 3.10. The Hall–Kier alpha value is -2.39. The molecule has 0 amide bonds. The van der Waals surface area contributed by atoms with Crippen molar-refractivity contribution in [1.29, 1.82) is 0 Å². The van der Waals surface area contributed by atoms with E-state index in [1.807, 2.05) is 6.20 Å². The summed E-state index contributed by atoms with van der Waals surface area (Å²) in [5.41, 5.74) is 7.86. The molecule has 3 nitrogen and oxygen atoms in total. The Morgan fingerprint density at radius 3 is 2.65 bits per heavy atom. The third-order valence-corrected chi connectivity index (χ3v) is 4.66. The van der Waals surface area contributed by atoms with Crippen molar-refractivity contribution in [3.63, 3.8) is 0 Å². The second kappa shape index (κ2) is 6.01. The van der Waals surface area contributed by atoms with E-state index in [0.29, 0.717) is 0 Å². The number of nitrogens with zero attached hydrogens (tertiary/aromatic N) is 2. The lowest BCUT2D eigenvalue weighted by Gasteiger charge is -2.28. The molecule has 1 aliphatic heterocycles. The number of nitrogens with one attached hydrogen (secondary N) is 1. The topological polar surface area (TPSA) is 31.9 Å². The van der Waals surface area contributed by atoms with Gasteiger partial charge in [-0.2, -0.15) is 5.10 Å². The van der Waals surface area contributed by atoms with Crippen molar-refractivity contribution >= 4 is 0 Å². The molecule has 0 atom stereocenters. The number of hydrogen-bond donors (Lipinski definition) is 1. The zero-order chi connectivity index (χ0) is 15.6. The van der Waals surface area contributed by atoms with Crippen LogP contribution < -0.4 is 0 Å². The first kappa shape index (κ1) is 14.2. The van der Waals surface area contributed by atoms with Gasteiger partial charge in [-0.15, -0.1) is 0 Å². The first-order valence-corrected chi connectivity index (χ1v) is 8.18. The third-order valence-electron chi connectivity index (χ3n) is 4.66. The van der Waals surface area contributed by atoms with Crippen molar-refractivity contribution < 1.29 is 0 Å². The van der Waals surface area contributed by atoms with Gasteiger partial charge in [0.15, 0.2) is 0 Å². The molecule has 4 rings (SSSR count). The van der Waals surface area contributed by atoms with Crippen molar-refractivity contribution in [1.82, 2.24) is 15.1 Å². The molecule has 23 heavy (non-hydrogen) atoms. The Bertz CT molecular complexity index is 802. The number of benzene rings is 2. The molecule has 0 saturated heterocycles. The minimum Gasteiger partial charge on any atom is -0.294 e. The number of aromatic nitrogens is 2. The molecule has 3 heteroatoms. The fourth-order valence-electron chi connectivity index (χ4n) is 3.33. The zero-order valence-electron chi connectivity index (χ0n) is 13.4. The Kier molecular flexibility index (Phi) is 3.72. The molecule has 1 aromatic heterocycles. The lowest BCUT2D eigenvalue weighted by Crippen LogP contribution is -2.30. The molecule has 0 saturated carbocycles. The first-order valence-electron chi connectivity index (χ1n) is 8.18. The molecule has 1 N–H and O–H groups in total. The molecule has 0 radical (unpaired) electrons. The average Bonchev–Trinajstić information content (AvgIpc) is 3.03. The molecular weight excluding hydrogens is 282 g/mol. The van der Waals surface area contributed by atoms with Crippen LogP contribution in [0.3, 0.4) is 0 Å². The maximum absolute atomic E-state index is 4.28. The normalized spacial score (nSPS) is 14.7. The third kappa shape index (κ3) is 2.92. The van der Waals surface area contributed by atoms with Gasteiger partial charge in [-0.1, -0.05) is 54.1 Å². The minimum absolute atomic E-state index is 0.939. The summed E-state index contributed by atoms with van der Waals surface area (Å²) >= 11 is 0. The van der Waals surface area contributed by atoms with Gasteiger partial charge in [0, 0.05) is 25.2 Å². The second-order valence-corrected chi connectivity index (χ2v) is 6.37. The predicted octanol–water partition coefficient (Wildman–Crippen LogP) is 3.94. The number of rotatable bonds is 3. The molecule has 3 aromatic rings. The van der Waals surface area contributed by atoms with Crippen LogP contribution in [-0.4, -0.2) is 21.6 Å². The van der Waals surface area contributed by atoms with Gasteiger partial charge in [-0.3, -0.25) is 10.00 Å². The van der Waals surface area contributed by atoms with Crippen molar-refractivity contribution in [2.24, 2.45) is 0 Å². The van der Waals surface area contributed by atoms with Crippen molar-refractivity contribution in [2.75, 3.05) is 6.54 Å². The first-order chi connectivity index (χ1) is 11.3. The van der Waals surface area contributed by atoms with E-state index in [2.05, 4.69) is 70.6 Å². The molecule has 0 bridgehead atoms. The molecule has 2 heterocycles. The van der Waals surface area contributed by atoms with E-state index in [0.717, 1.165) is 31.7 Å². The summed E-state index contributed by atoms with van der Waals surface area (Å²) in [7, 11) is 0. The van der Waals surface area contributed by atoms with Gasteiger partial charge >= 0.3 is 0 Å².